The SMILES string of the molecule is Cc1ccc(S(=O)(=O)N2C=CNC(=O)[C@H]2CC(=O)N2C[C@@H]3C[C@@H]2CO3)cc1. The van der Waals surface area contributed by atoms with Gasteiger partial charge in [0.1, 0.15) is 6.04 Å². The highest BCUT2D eigenvalue weighted by molar-refractivity contribution is 7.89. The third kappa shape index (κ3) is 3.21. The van der Waals surface area contributed by atoms with Gasteiger partial charge in [-0.05, 0) is 25.5 Å². The van der Waals surface area contributed by atoms with Crippen LogP contribution in [-0.4, -0.2) is 60.8 Å². The summed E-state index contributed by atoms with van der Waals surface area (Å²) in [5, 5.41) is 2.50. The molecule has 4 rings (SSSR count). The molecule has 0 radical (unpaired) electrons. The normalized spacial score (nSPS) is 27.1. The number of morpholine rings is 1. The first kappa shape index (κ1) is 18.0. The second kappa shape index (κ2) is 6.65. The number of sulfonamides is 1. The molecule has 0 unspecified atom stereocenters. The van der Waals surface area contributed by atoms with Crippen molar-refractivity contribution >= 4 is 21.8 Å². The van der Waals surface area contributed by atoms with Gasteiger partial charge in [-0.3, -0.25) is 13.9 Å². The summed E-state index contributed by atoms with van der Waals surface area (Å²) in [6, 6.07) is 5.30. The molecule has 3 heterocycles. The van der Waals surface area contributed by atoms with E-state index in [1.54, 1.807) is 17.0 Å². The van der Waals surface area contributed by atoms with Gasteiger partial charge in [0.2, 0.25) is 11.8 Å². The van der Waals surface area contributed by atoms with Gasteiger partial charge in [0.05, 0.1) is 30.1 Å². The number of likely N-dealkylation sites (tertiary alicyclic amines) is 1. The van der Waals surface area contributed by atoms with Gasteiger partial charge in [-0.15, -0.1) is 0 Å². The van der Waals surface area contributed by atoms with Crippen molar-refractivity contribution in [2.24, 2.45) is 0 Å². The van der Waals surface area contributed by atoms with E-state index in [9.17, 15) is 18.0 Å². The summed E-state index contributed by atoms with van der Waals surface area (Å²) >= 11 is 0. The number of rotatable bonds is 4. The standard InChI is InChI=1S/C18H21N3O5S/c1-12-2-4-15(5-3-12)27(24,25)21-7-6-19-18(23)16(21)9-17(22)20-10-14-8-13(20)11-26-14/h2-7,13-14,16H,8-11H2,1H3,(H,19,23)/t13-,14+,16-/m1/s1. The molecule has 27 heavy (non-hydrogen) atoms. The first-order chi connectivity index (χ1) is 12.9. The largest absolute Gasteiger partial charge is 0.374 e. The molecule has 8 nitrogen and oxygen atoms in total. The summed E-state index contributed by atoms with van der Waals surface area (Å²) in [6.45, 7) is 2.86. The van der Waals surface area contributed by atoms with Gasteiger partial charge in [-0.1, -0.05) is 17.7 Å². The van der Waals surface area contributed by atoms with Crippen LogP contribution in [-0.2, 0) is 24.3 Å². The van der Waals surface area contributed by atoms with Gasteiger partial charge in [-0.2, -0.15) is 0 Å². The third-order valence-electron chi connectivity index (χ3n) is 5.24. The van der Waals surface area contributed by atoms with Crippen LogP contribution in [0.2, 0.25) is 0 Å². The van der Waals surface area contributed by atoms with Crippen LogP contribution in [0.4, 0.5) is 0 Å². The van der Waals surface area contributed by atoms with E-state index in [0.29, 0.717) is 13.2 Å². The van der Waals surface area contributed by atoms with Gasteiger partial charge in [0, 0.05) is 18.9 Å². The summed E-state index contributed by atoms with van der Waals surface area (Å²) < 4.78 is 32.6. The minimum atomic E-state index is -3.95. The van der Waals surface area contributed by atoms with E-state index in [0.717, 1.165) is 16.3 Å². The van der Waals surface area contributed by atoms with Crippen LogP contribution in [0.5, 0.6) is 0 Å². The van der Waals surface area contributed by atoms with Crippen molar-refractivity contribution in [2.75, 3.05) is 13.2 Å². The van der Waals surface area contributed by atoms with Gasteiger partial charge in [0.25, 0.3) is 10.0 Å². The molecule has 0 saturated carbocycles. The second-order valence-corrected chi connectivity index (χ2v) is 8.93. The first-order valence-corrected chi connectivity index (χ1v) is 10.3. The molecule has 3 aliphatic heterocycles. The number of ether oxygens (including phenoxy) is 1. The number of amides is 2. The molecule has 2 saturated heterocycles. The lowest BCUT2D eigenvalue weighted by Crippen LogP contribution is -2.52. The fourth-order valence-corrected chi connectivity index (χ4v) is 5.21. The smallest absolute Gasteiger partial charge is 0.264 e. The summed E-state index contributed by atoms with van der Waals surface area (Å²) in [5.74, 6) is -0.743. The average molecular weight is 391 g/mol. The molecule has 0 aliphatic carbocycles. The van der Waals surface area contributed by atoms with Crippen LogP contribution >= 0.6 is 0 Å². The Morgan fingerprint density at radius 2 is 2.04 bits per heavy atom. The van der Waals surface area contributed by atoms with Crippen molar-refractivity contribution < 1.29 is 22.7 Å². The number of hydrogen-bond donors (Lipinski definition) is 1. The number of nitrogens with one attached hydrogen (secondary N) is 1. The minimum Gasteiger partial charge on any atom is -0.374 e. The lowest BCUT2D eigenvalue weighted by atomic mass is 10.1. The fraction of sp³-hybridized carbons (Fsp3) is 0.444. The predicted molar refractivity (Wildman–Crippen MR) is 95.7 cm³/mol. The highest BCUT2D eigenvalue weighted by Crippen LogP contribution is 2.30. The Bertz CT molecular complexity index is 896. The maximum absolute atomic E-state index is 13.0. The molecule has 1 aromatic carbocycles. The molecule has 1 aromatic rings. The zero-order chi connectivity index (χ0) is 19.2. The Kier molecular flexibility index (Phi) is 4.43. The van der Waals surface area contributed by atoms with E-state index in [4.69, 9.17) is 4.74 Å². The first-order valence-electron chi connectivity index (χ1n) is 8.84. The second-order valence-electron chi connectivity index (χ2n) is 7.08. The van der Waals surface area contributed by atoms with Crippen LogP contribution < -0.4 is 5.32 Å². The topological polar surface area (TPSA) is 96.0 Å². The van der Waals surface area contributed by atoms with E-state index in [1.165, 1.54) is 24.5 Å². The number of aryl methyl sites for hydroxylation is 1. The monoisotopic (exact) mass is 391 g/mol. The molecule has 2 fully saturated rings. The number of carbonyl (C=O) groups excluding carboxylic acids is 2. The molecule has 0 spiro atoms. The number of benzene rings is 1. The molecule has 3 atom stereocenters. The maximum atomic E-state index is 13.0. The Hall–Kier alpha value is -2.39. The highest BCUT2D eigenvalue weighted by Gasteiger charge is 2.44. The highest BCUT2D eigenvalue weighted by atomic mass is 32.2. The molecule has 2 bridgehead atoms. The predicted octanol–water partition coefficient (Wildman–Crippen LogP) is 0.345. The lowest BCUT2D eigenvalue weighted by molar-refractivity contribution is -0.139. The van der Waals surface area contributed by atoms with Crippen molar-refractivity contribution in [3.63, 3.8) is 0 Å². The fourth-order valence-electron chi connectivity index (χ4n) is 3.76. The minimum absolute atomic E-state index is 0.0202. The van der Waals surface area contributed by atoms with E-state index in [1.807, 2.05) is 6.92 Å². The molecular formula is C18H21N3O5S. The van der Waals surface area contributed by atoms with Crippen LogP contribution in [0, 0.1) is 6.92 Å². The van der Waals surface area contributed by atoms with Gasteiger partial charge in [0.15, 0.2) is 0 Å². The summed E-state index contributed by atoms with van der Waals surface area (Å²) in [7, 11) is -3.95. The Morgan fingerprint density at radius 3 is 2.67 bits per heavy atom. The molecule has 9 heteroatoms. The Morgan fingerprint density at radius 1 is 1.30 bits per heavy atom. The Labute approximate surface area is 157 Å². The van der Waals surface area contributed by atoms with E-state index in [-0.39, 0.29) is 29.4 Å². The van der Waals surface area contributed by atoms with Crippen molar-refractivity contribution in [3.05, 3.63) is 42.2 Å². The zero-order valence-corrected chi connectivity index (χ0v) is 15.7. The van der Waals surface area contributed by atoms with Crippen molar-refractivity contribution in [1.29, 1.82) is 0 Å². The van der Waals surface area contributed by atoms with E-state index >= 15 is 0 Å². The van der Waals surface area contributed by atoms with Crippen LogP contribution in [0.25, 0.3) is 0 Å². The van der Waals surface area contributed by atoms with Gasteiger partial charge < -0.3 is 15.0 Å². The molecular weight excluding hydrogens is 370 g/mol. The number of nitrogens with zero attached hydrogens (tertiary/aromatic N) is 2. The van der Waals surface area contributed by atoms with Gasteiger partial charge >= 0.3 is 0 Å². The number of fused-ring (bicyclic) bond motifs is 2. The van der Waals surface area contributed by atoms with Crippen molar-refractivity contribution in [2.45, 2.75) is 42.8 Å². The quantitative estimate of drug-likeness (QED) is 0.799. The molecule has 0 aromatic heterocycles. The van der Waals surface area contributed by atoms with Crippen molar-refractivity contribution in [1.82, 2.24) is 14.5 Å². The van der Waals surface area contributed by atoms with Crippen LogP contribution in [0.15, 0.2) is 41.6 Å². The lowest BCUT2D eigenvalue weighted by Gasteiger charge is -2.33. The van der Waals surface area contributed by atoms with Crippen molar-refractivity contribution in [3.8, 4) is 0 Å². The van der Waals surface area contributed by atoms with Crippen LogP contribution in [0.3, 0.4) is 0 Å². The third-order valence-corrected chi connectivity index (χ3v) is 7.04. The number of carbonyl (C=O) groups is 2. The Balaban J connectivity index is 1.58. The van der Waals surface area contributed by atoms with E-state index < -0.39 is 22.0 Å². The molecule has 2 amide bonds. The van der Waals surface area contributed by atoms with Crippen LogP contribution in [0.1, 0.15) is 18.4 Å². The maximum Gasteiger partial charge on any atom is 0.264 e. The summed E-state index contributed by atoms with van der Waals surface area (Å²) in [6.07, 6.45) is 3.22. The number of hydrogen-bond acceptors (Lipinski definition) is 5. The van der Waals surface area contributed by atoms with Gasteiger partial charge in [-0.25, -0.2) is 8.42 Å². The molecule has 1 N–H and O–H groups in total. The average Bonchev–Trinajstić information content (AvgIpc) is 3.27. The molecule has 3 aliphatic rings. The molecule has 144 valence electrons. The zero-order valence-electron chi connectivity index (χ0n) is 14.9. The summed E-state index contributed by atoms with van der Waals surface area (Å²) in [4.78, 5) is 26.9. The van der Waals surface area contributed by atoms with E-state index in [2.05, 4.69) is 5.32 Å². The summed E-state index contributed by atoms with van der Waals surface area (Å²) in [5.41, 5.74) is 0.930.